The van der Waals surface area contributed by atoms with Gasteiger partial charge >= 0.3 is 0 Å². The summed E-state index contributed by atoms with van der Waals surface area (Å²) in [5, 5.41) is 2.85. The highest BCUT2D eigenvalue weighted by atomic mass is 31.0. The molecule has 0 aromatic rings. The van der Waals surface area contributed by atoms with Crippen molar-refractivity contribution in [1.82, 2.24) is 5.32 Å². The molecule has 1 amide bonds. The van der Waals surface area contributed by atoms with Crippen molar-refractivity contribution < 1.29 is 9.59 Å². The number of carbonyl (C=O) groups is 2. The molecule has 5 heteroatoms. The first-order valence-corrected chi connectivity index (χ1v) is 9.19. The van der Waals surface area contributed by atoms with E-state index >= 15 is 0 Å². The molecule has 1 N–H and O–H groups in total. The van der Waals surface area contributed by atoms with Crippen LogP contribution in [-0.2, 0) is 9.59 Å². The Labute approximate surface area is 132 Å². The topological polar surface area (TPSA) is 46.2 Å². The molecule has 0 heterocycles. The van der Waals surface area contributed by atoms with Crippen LogP contribution in [0, 0.1) is 11.8 Å². The monoisotopic (exact) mass is 311 g/mol. The third kappa shape index (κ3) is 6.10. The van der Waals surface area contributed by atoms with Crippen molar-refractivity contribution in [3.63, 3.8) is 0 Å². The molecule has 120 valence electrons. The summed E-state index contributed by atoms with van der Waals surface area (Å²) in [4.78, 5) is 24.2. The predicted molar refractivity (Wildman–Crippen MR) is 94.2 cm³/mol. The lowest BCUT2D eigenvalue weighted by atomic mass is 9.42. The highest BCUT2D eigenvalue weighted by Gasteiger charge is 2.28. The lowest BCUT2D eigenvalue weighted by molar-refractivity contribution is -0.129. The van der Waals surface area contributed by atoms with E-state index in [9.17, 15) is 9.59 Å². The van der Waals surface area contributed by atoms with E-state index in [0.29, 0.717) is 19.0 Å². The van der Waals surface area contributed by atoms with Crippen LogP contribution in [0.4, 0.5) is 0 Å². The number of nitrogens with one attached hydrogen (secondary N) is 1. The zero-order valence-corrected chi connectivity index (χ0v) is 15.2. The number of hydrogen-bond donors (Lipinski definition) is 1. The Morgan fingerprint density at radius 3 is 2.33 bits per heavy atom. The molecule has 4 unspecified atom stereocenters. The van der Waals surface area contributed by atoms with E-state index in [-0.39, 0.29) is 23.7 Å². The van der Waals surface area contributed by atoms with Crippen LogP contribution in [0.2, 0.25) is 19.5 Å². The van der Waals surface area contributed by atoms with Gasteiger partial charge in [-0.25, -0.2) is 0 Å². The van der Waals surface area contributed by atoms with Crippen molar-refractivity contribution in [1.29, 1.82) is 0 Å². The molecular weight excluding hydrogens is 280 g/mol. The zero-order chi connectivity index (χ0) is 16.0. The fourth-order valence-corrected chi connectivity index (χ4v) is 2.94. The van der Waals surface area contributed by atoms with Crippen molar-refractivity contribution >= 4 is 27.6 Å². The van der Waals surface area contributed by atoms with Crippen molar-refractivity contribution in [3.8, 4) is 0 Å². The largest absolute Gasteiger partial charge is 0.346 e. The van der Waals surface area contributed by atoms with E-state index in [1.54, 1.807) is 0 Å². The van der Waals surface area contributed by atoms with E-state index in [2.05, 4.69) is 28.2 Å². The van der Waals surface area contributed by atoms with Crippen LogP contribution in [0.5, 0.6) is 0 Å². The highest BCUT2D eigenvalue weighted by Crippen LogP contribution is 2.36. The first-order valence-electron chi connectivity index (χ1n) is 8.38. The third-order valence-electron chi connectivity index (χ3n) is 4.91. The molecular formula is C16H31BNO2P. The number of carbonyl (C=O) groups excluding carboxylic acids is 2. The number of Topliss-reactive ketones (excluding diaryl/α,β-unsaturated/α-hetero) is 1. The minimum absolute atomic E-state index is 0.0223. The fraction of sp³-hybridized carbons (Fsp3) is 0.875. The van der Waals surface area contributed by atoms with Gasteiger partial charge in [0.2, 0.25) is 5.91 Å². The molecule has 0 aliphatic heterocycles. The molecule has 0 aromatic heterocycles. The Bertz CT molecular complexity index is 358. The second kappa shape index (κ2) is 8.93. The molecule has 1 saturated carbocycles. The van der Waals surface area contributed by atoms with Crippen molar-refractivity contribution in [2.75, 3.05) is 6.16 Å². The van der Waals surface area contributed by atoms with Gasteiger partial charge in [0.1, 0.15) is 6.71 Å². The van der Waals surface area contributed by atoms with Gasteiger partial charge in [0.05, 0.1) is 6.04 Å². The van der Waals surface area contributed by atoms with Gasteiger partial charge in [0.15, 0.2) is 5.78 Å². The first kappa shape index (κ1) is 18.7. The van der Waals surface area contributed by atoms with Gasteiger partial charge in [-0.3, -0.25) is 9.59 Å². The number of hydrogen-bond acceptors (Lipinski definition) is 2. The second-order valence-corrected chi connectivity index (χ2v) is 7.55. The zero-order valence-electron chi connectivity index (χ0n) is 14.0. The van der Waals surface area contributed by atoms with Gasteiger partial charge in [0, 0.05) is 12.3 Å². The minimum Gasteiger partial charge on any atom is -0.346 e. The highest BCUT2D eigenvalue weighted by molar-refractivity contribution is 7.16. The standard InChI is InChI=1S/C16H31BNO2P/c1-11(10-21)16(20)18-12(2)15(19)9-14(17(3)4)8-13-6-5-7-13/h11-14H,5-10,21H2,1-4H3,(H,18,20). The van der Waals surface area contributed by atoms with Crippen LogP contribution < -0.4 is 5.32 Å². The van der Waals surface area contributed by atoms with Gasteiger partial charge in [-0.1, -0.05) is 52.1 Å². The van der Waals surface area contributed by atoms with E-state index in [1.807, 2.05) is 13.8 Å². The Balaban J connectivity index is 2.45. The van der Waals surface area contributed by atoms with Gasteiger partial charge < -0.3 is 5.32 Å². The van der Waals surface area contributed by atoms with Crippen molar-refractivity contribution in [3.05, 3.63) is 0 Å². The Morgan fingerprint density at radius 1 is 1.29 bits per heavy atom. The molecule has 0 radical (unpaired) electrons. The number of ketones is 1. The SMILES string of the molecule is CB(C)C(CC(=O)C(C)NC(=O)C(C)CP)CC1CCC1. The van der Waals surface area contributed by atoms with Crippen LogP contribution in [0.15, 0.2) is 0 Å². The fourth-order valence-electron chi connectivity index (χ4n) is 2.73. The number of amides is 1. The lowest BCUT2D eigenvalue weighted by Gasteiger charge is -2.31. The Hall–Kier alpha value is -0.365. The van der Waals surface area contributed by atoms with Gasteiger partial charge in [-0.15, -0.1) is 9.24 Å². The molecule has 1 rings (SSSR count). The maximum atomic E-state index is 12.4. The smallest absolute Gasteiger partial charge is 0.223 e. The third-order valence-corrected chi connectivity index (χ3v) is 5.62. The minimum atomic E-state index is -0.362. The summed E-state index contributed by atoms with van der Waals surface area (Å²) in [5.41, 5.74) is 0. The van der Waals surface area contributed by atoms with E-state index < -0.39 is 0 Å². The predicted octanol–water partition coefficient (Wildman–Crippen LogP) is 3.28. The molecule has 0 spiro atoms. The molecule has 3 nitrogen and oxygen atoms in total. The molecule has 0 aromatic carbocycles. The Kier molecular flexibility index (Phi) is 7.94. The molecule has 1 aliphatic carbocycles. The molecule has 21 heavy (non-hydrogen) atoms. The summed E-state index contributed by atoms with van der Waals surface area (Å²) in [6, 6.07) is -0.362. The molecule has 0 bridgehead atoms. The van der Waals surface area contributed by atoms with Gasteiger partial charge in [-0.2, -0.15) is 0 Å². The number of rotatable bonds is 9. The summed E-state index contributed by atoms with van der Waals surface area (Å²) in [6.45, 7) is 8.64. The van der Waals surface area contributed by atoms with Crippen LogP contribution >= 0.6 is 9.24 Å². The van der Waals surface area contributed by atoms with E-state index in [1.165, 1.54) is 25.7 Å². The average molecular weight is 311 g/mol. The maximum Gasteiger partial charge on any atom is 0.223 e. The lowest BCUT2D eigenvalue weighted by Crippen LogP contribution is -2.42. The van der Waals surface area contributed by atoms with Crippen molar-refractivity contribution in [2.45, 2.75) is 71.5 Å². The van der Waals surface area contributed by atoms with Crippen LogP contribution in [0.1, 0.15) is 46.0 Å². The molecule has 0 saturated heterocycles. The quantitative estimate of drug-likeness (QED) is 0.525. The first-order chi connectivity index (χ1) is 9.85. The summed E-state index contributed by atoms with van der Waals surface area (Å²) >= 11 is 0. The summed E-state index contributed by atoms with van der Waals surface area (Å²) < 4.78 is 0. The Morgan fingerprint density at radius 2 is 1.90 bits per heavy atom. The van der Waals surface area contributed by atoms with E-state index in [4.69, 9.17) is 0 Å². The summed E-state index contributed by atoms with van der Waals surface area (Å²) in [6.07, 6.45) is 6.51. The van der Waals surface area contributed by atoms with Crippen LogP contribution in [0.25, 0.3) is 0 Å². The van der Waals surface area contributed by atoms with Crippen LogP contribution in [-0.4, -0.2) is 30.6 Å². The molecule has 4 atom stereocenters. The average Bonchev–Trinajstić information content (AvgIpc) is 2.39. The maximum absolute atomic E-state index is 12.4. The van der Waals surface area contributed by atoms with Crippen molar-refractivity contribution in [2.24, 2.45) is 11.8 Å². The van der Waals surface area contributed by atoms with Gasteiger partial charge in [0.25, 0.3) is 0 Å². The summed E-state index contributed by atoms with van der Waals surface area (Å²) in [7, 11) is 2.57. The molecule has 1 aliphatic rings. The van der Waals surface area contributed by atoms with Gasteiger partial charge in [-0.05, 0) is 19.0 Å². The molecule has 1 fully saturated rings. The van der Waals surface area contributed by atoms with E-state index in [0.717, 1.165) is 12.1 Å². The summed E-state index contributed by atoms with van der Waals surface area (Å²) in [5.74, 6) is 1.39. The normalized spacial score (nSPS) is 19.3. The second-order valence-electron chi connectivity index (χ2n) is 7.07. The van der Waals surface area contributed by atoms with Crippen LogP contribution in [0.3, 0.4) is 0 Å².